The average molecular weight is 309 g/mol. The Morgan fingerprint density at radius 1 is 1.33 bits per heavy atom. The number of aryl methyl sites for hydroxylation is 1. The van der Waals surface area contributed by atoms with Crippen LogP contribution in [0.15, 0.2) is 41.0 Å². The van der Waals surface area contributed by atoms with Crippen LogP contribution in [0.4, 0.5) is 15.9 Å². The van der Waals surface area contributed by atoms with Crippen molar-refractivity contribution in [2.75, 3.05) is 11.4 Å². The molecule has 4 heteroatoms. The molecule has 2 nitrogen and oxygen atoms in total. The lowest BCUT2D eigenvalue weighted by atomic mass is 10.2. The third kappa shape index (κ3) is 2.53. The van der Waals surface area contributed by atoms with Crippen molar-refractivity contribution in [3.63, 3.8) is 0 Å². The van der Waals surface area contributed by atoms with Crippen LogP contribution in [0.2, 0.25) is 0 Å². The van der Waals surface area contributed by atoms with Gasteiger partial charge in [-0.05, 0) is 47.5 Å². The fourth-order valence-electron chi connectivity index (χ4n) is 1.91. The van der Waals surface area contributed by atoms with E-state index in [1.807, 2.05) is 43.0 Å². The summed E-state index contributed by atoms with van der Waals surface area (Å²) in [5.41, 5.74) is 2.08. The van der Waals surface area contributed by atoms with Crippen molar-refractivity contribution in [2.24, 2.45) is 0 Å². The van der Waals surface area contributed by atoms with Gasteiger partial charge in [0.15, 0.2) is 11.6 Å². The van der Waals surface area contributed by atoms with Crippen LogP contribution in [0, 0.1) is 12.7 Å². The van der Waals surface area contributed by atoms with Gasteiger partial charge in [0.05, 0.1) is 0 Å². The first kappa shape index (κ1) is 13.0. The SMILES string of the molecule is CCN(c1ccccc1C)c1ncc(Br)cc1F. The summed E-state index contributed by atoms with van der Waals surface area (Å²) in [5.74, 6) is 0.0319. The first-order valence-corrected chi connectivity index (χ1v) is 6.57. The molecule has 0 aliphatic carbocycles. The van der Waals surface area contributed by atoms with Gasteiger partial charge in [-0.1, -0.05) is 18.2 Å². The van der Waals surface area contributed by atoms with Crippen LogP contribution in [0.5, 0.6) is 0 Å². The summed E-state index contributed by atoms with van der Waals surface area (Å²) in [7, 11) is 0. The fourth-order valence-corrected chi connectivity index (χ4v) is 2.21. The van der Waals surface area contributed by atoms with Crippen LogP contribution in [0.3, 0.4) is 0 Å². The van der Waals surface area contributed by atoms with E-state index in [0.717, 1.165) is 11.3 Å². The minimum absolute atomic E-state index is 0.325. The van der Waals surface area contributed by atoms with Crippen molar-refractivity contribution < 1.29 is 4.39 Å². The maximum absolute atomic E-state index is 14.0. The lowest BCUT2D eigenvalue weighted by molar-refractivity contribution is 0.617. The van der Waals surface area contributed by atoms with Gasteiger partial charge in [-0.25, -0.2) is 9.37 Å². The number of hydrogen-bond donors (Lipinski definition) is 0. The molecular weight excluding hydrogens is 295 g/mol. The van der Waals surface area contributed by atoms with E-state index in [-0.39, 0.29) is 5.82 Å². The highest BCUT2D eigenvalue weighted by Gasteiger charge is 2.15. The Hall–Kier alpha value is -1.42. The molecule has 0 spiro atoms. The van der Waals surface area contributed by atoms with Gasteiger partial charge in [0.2, 0.25) is 0 Å². The minimum Gasteiger partial charge on any atom is -0.324 e. The summed E-state index contributed by atoms with van der Waals surface area (Å²) in [6.45, 7) is 4.65. The Kier molecular flexibility index (Phi) is 3.97. The normalized spacial score (nSPS) is 10.4. The largest absolute Gasteiger partial charge is 0.324 e. The second-order valence-corrected chi connectivity index (χ2v) is 4.91. The zero-order chi connectivity index (χ0) is 13.1. The van der Waals surface area contributed by atoms with Gasteiger partial charge in [0, 0.05) is 22.9 Å². The molecule has 0 saturated heterocycles. The van der Waals surface area contributed by atoms with Crippen molar-refractivity contribution in [3.8, 4) is 0 Å². The van der Waals surface area contributed by atoms with Crippen molar-refractivity contribution in [1.82, 2.24) is 4.98 Å². The standard InChI is InChI=1S/C14H14BrFN2/c1-3-18(13-7-5-4-6-10(13)2)14-12(16)8-11(15)9-17-14/h4-9H,3H2,1-2H3. The molecule has 94 valence electrons. The summed E-state index contributed by atoms with van der Waals surface area (Å²) >= 11 is 3.22. The molecule has 0 atom stereocenters. The van der Waals surface area contributed by atoms with Gasteiger partial charge in [0.25, 0.3) is 0 Å². The summed E-state index contributed by atoms with van der Waals surface area (Å²) in [4.78, 5) is 6.04. The zero-order valence-corrected chi connectivity index (χ0v) is 11.9. The molecule has 1 aromatic heterocycles. The van der Waals surface area contributed by atoms with Crippen molar-refractivity contribution in [3.05, 3.63) is 52.4 Å². The summed E-state index contributed by atoms with van der Waals surface area (Å²) in [5, 5.41) is 0. The summed E-state index contributed by atoms with van der Waals surface area (Å²) in [6.07, 6.45) is 1.61. The molecule has 0 aliphatic rings. The van der Waals surface area contributed by atoms with E-state index in [1.54, 1.807) is 6.20 Å². The van der Waals surface area contributed by atoms with E-state index in [0.29, 0.717) is 16.8 Å². The molecule has 0 N–H and O–H groups in total. The fraction of sp³-hybridized carbons (Fsp3) is 0.214. The number of benzene rings is 1. The molecule has 18 heavy (non-hydrogen) atoms. The Balaban J connectivity index is 2.49. The number of aromatic nitrogens is 1. The highest BCUT2D eigenvalue weighted by atomic mass is 79.9. The molecule has 0 fully saturated rings. The first-order chi connectivity index (χ1) is 8.63. The van der Waals surface area contributed by atoms with E-state index in [9.17, 15) is 4.39 Å². The van der Waals surface area contributed by atoms with E-state index in [2.05, 4.69) is 20.9 Å². The first-order valence-electron chi connectivity index (χ1n) is 5.77. The lowest BCUT2D eigenvalue weighted by Crippen LogP contribution is -2.19. The number of anilines is 2. The van der Waals surface area contributed by atoms with Gasteiger partial charge < -0.3 is 4.90 Å². The van der Waals surface area contributed by atoms with Crippen molar-refractivity contribution >= 4 is 27.4 Å². The maximum Gasteiger partial charge on any atom is 0.169 e. The van der Waals surface area contributed by atoms with Crippen LogP contribution >= 0.6 is 15.9 Å². The number of nitrogens with zero attached hydrogens (tertiary/aromatic N) is 2. The molecule has 0 radical (unpaired) electrons. The molecule has 0 amide bonds. The third-order valence-electron chi connectivity index (χ3n) is 2.77. The van der Waals surface area contributed by atoms with Crippen molar-refractivity contribution in [1.29, 1.82) is 0 Å². The van der Waals surface area contributed by atoms with E-state index in [4.69, 9.17) is 0 Å². The van der Waals surface area contributed by atoms with Gasteiger partial charge in [-0.3, -0.25) is 0 Å². The number of pyridine rings is 1. The van der Waals surface area contributed by atoms with E-state index >= 15 is 0 Å². The Bertz CT molecular complexity index is 557. The molecule has 0 unspecified atom stereocenters. The number of halogens is 2. The molecule has 1 heterocycles. The van der Waals surface area contributed by atoms with Crippen LogP contribution < -0.4 is 4.90 Å². The predicted octanol–water partition coefficient (Wildman–Crippen LogP) is 4.45. The maximum atomic E-state index is 14.0. The summed E-state index contributed by atoms with van der Waals surface area (Å²) < 4.78 is 14.6. The van der Waals surface area contributed by atoms with Gasteiger partial charge in [0.1, 0.15) is 0 Å². The number of para-hydroxylation sites is 1. The second kappa shape index (κ2) is 5.48. The lowest BCUT2D eigenvalue weighted by Gasteiger charge is -2.24. The number of rotatable bonds is 3. The quantitative estimate of drug-likeness (QED) is 0.833. The van der Waals surface area contributed by atoms with Crippen LogP contribution in [0.1, 0.15) is 12.5 Å². The Labute approximate surface area is 115 Å². The monoisotopic (exact) mass is 308 g/mol. The highest BCUT2D eigenvalue weighted by Crippen LogP contribution is 2.29. The Morgan fingerprint density at radius 3 is 2.67 bits per heavy atom. The second-order valence-electron chi connectivity index (χ2n) is 3.99. The van der Waals surface area contributed by atoms with E-state index < -0.39 is 0 Å². The molecule has 2 rings (SSSR count). The van der Waals surface area contributed by atoms with Crippen LogP contribution in [-0.2, 0) is 0 Å². The van der Waals surface area contributed by atoms with Crippen molar-refractivity contribution in [2.45, 2.75) is 13.8 Å². The molecule has 1 aromatic carbocycles. The van der Waals surface area contributed by atoms with Gasteiger partial charge in [-0.2, -0.15) is 0 Å². The average Bonchev–Trinajstić information content (AvgIpc) is 2.34. The molecule has 2 aromatic rings. The molecule has 0 aliphatic heterocycles. The van der Waals surface area contributed by atoms with Gasteiger partial charge >= 0.3 is 0 Å². The molecule has 0 saturated carbocycles. The third-order valence-corrected chi connectivity index (χ3v) is 3.20. The van der Waals surface area contributed by atoms with Crippen LogP contribution in [0.25, 0.3) is 0 Å². The molecular formula is C14H14BrFN2. The topological polar surface area (TPSA) is 16.1 Å². The van der Waals surface area contributed by atoms with Crippen LogP contribution in [-0.4, -0.2) is 11.5 Å². The predicted molar refractivity (Wildman–Crippen MR) is 75.8 cm³/mol. The smallest absolute Gasteiger partial charge is 0.169 e. The van der Waals surface area contributed by atoms with E-state index in [1.165, 1.54) is 6.07 Å². The minimum atomic E-state index is -0.325. The number of hydrogen-bond acceptors (Lipinski definition) is 2. The van der Waals surface area contributed by atoms with Gasteiger partial charge in [-0.15, -0.1) is 0 Å². The summed E-state index contributed by atoms with van der Waals surface area (Å²) in [6, 6.07) is 9.33. The highest BCUT2D eigenvalue weighted by molar-refractivity contribution is 9.10. The zero-order valence-electron chi connectivity index (χ0n) is 10.3. The molecule has 0 bridgehead atoms. The Morgan fingerprint density at radius 2 is 2.06 bits per heavy atom.